The van der Waals surface area contributed by atoms with E-state index in [1.807, 2.05) is 0 Å². The van der Waals surface area contributed by atoms with Gasteiger partial charge in [0.05, 0.1) is 12.0 Å². The summed E-state index contributed by atoms with van der Waals surface area (Å²) in [5.41, 5.74) is -0.982. The van der Waals surface area contributed by atoms with Gasteiger partial charge in [-0.05, 0) is 26.3 Å². The fraction of sp³-hybridized carbons (Fsp3) is 0.467. The maximum absolute atomic E-state index is 11.9. The van der Waals surface area contributed by atoms with Crippen molar-refractivity contribution in [2.75, 3.05) is 7.11 Å². The molecule has 2 atom stereocenters. The fourth-order valence-electron chi connectivity index (χ4n) is 1.84. The minimum Gasteiger partial charge on any atom is -0.467 e. The molecule has 132 valence electrons. The predicted molar refractivity (Wildman–Crippen MR) is 83.2 cm³/mol. The highest BCUT2D eigenvalue weighted by Crippen LogP contribution is 2.22. The van der Waals surface area contributed by atoms with Crippen molar-refractivity contribution in [1.82, 2.24) is 5.32 Å². The number of nitrogens with one attached hydrogen (secondary N) is 1. The van der Waals surface area contributed by atoms with Crippen LogP contribution in [0, 0.1) is 10.1 Å². The number of carbonyl (C=O) groups is 2. The number of alkyl carbamates (subject to hydrolysis) is 1. The van der Waals surface area contributed by atoms with Crippen LogP contribution in [0.4, 0.5) is 10.5 Å². The number of methoxy groups -OCH3 is 1. The normalized spacial score (nSPS) is 13.5. The maximum Gasteiger partial charge on any atom is 0.408 e. The summed E-state index contributed by atoms with van der Waals surface area (Å²) in [5.74, 6) is -0.917. The lowest BCUT2D eigenvalue weighted by atomic mass is 10.0. The van der Waals surface area contributed by atoms with Crippen molar-refractivity contribution < 1.29 is 29.1 Å². The molecule has 2 N–H and O–H groups in total. The number of aliphatic hydroxyl groups is 1. The standard InChI is InChI=1S/C15H20N2O7/c1-15(2,3)24-14(20)16-11(13(19)23-4)12(18)9-6-5-7-10(8-9)17(21)22/h5-8,11-12,18H,1-4H3,(H,16,20)/t11-,12+/m1/s1. The van der Waals surface area contributed by atoms with Crippen LogP contribution in [0.3, 0.4) is 0 Å². The number of amides is 1. The van der Waals surface area contributed by atoms with Gasteiger partial charge in [-0.25, -0.2) is 9.59 Å². The summed E-state index contributed by atoms with van der Waals surface area (Å²) in [5, 5.41) is 23.4. The Bertz CT molecular complexity index is 624. The highest BCUT2D eigenvalue weighted by molar-refractivity contribution is 5.82. The summed E-state index contributed by atoms with van der Waals surface area (Å²) in [6.45, 7) is 4.91. The highest BCUT2D eigenvalue weighted by Gasteiger charge is 2.33. The molecule has 0 aromatic heterocycles. The predicted octanol–water partition coefficient (Wildman–Crippen LogP) is 1.69. The molecule has 0 aliphatic heterocycles. The second kappa shape index (κ2) is 7.73. The third-order valence-electron chi connectivity index (χ3n) is 2.87. The number of nitro benzene ring substituents is 1. The Kier molecular flexibility index (Phi) is 6.24. The van der Waals surface area contributed by atoms with Gasteiger partial charge in [0.2, 0.25) is 0 Å². The molecule has 1 aromatic carbocycles. The zero-order chi connectivity index (χ0) is 18.5. The number of aliphatic hydroxyl groups excluding tert-OH is 1. The SMILES string of the molecule is COC(=O)[C@H](NC(=O)OC(C)(C)C)[C@@H](O)c1cccc([N+](=O)[O-])c1. The molecule has 0 bridgehead atoms. The van der Waals surface area contributed by atoms with E-state index in [4.69, 9.17) is 4.74 Å². The number of nitro groups is 1. The van der Waals surface area contributed by atoms with Gasteiger partial charge in [-0.15, -0.1) is 0 Å². The lowest BCUT2D eigenvalue weighted by molar-refractivity contribution is -0.385. The minimum absolute atomic E-state index is 0.0793. The second-order valence-electron chi connectivity index (χ2n) is 5.94. The van der Waals surface area contributed by atoms with Gasteiger partial charge in [-0.1, -0.05) is 12.1 Å². The van der Waals surface area contributed by atoms with Gasteiger partial charge in [-0.2, -0.15) is 0 Å². The van der Waals surface area contributed by atoms with E-state index in [0.717, 1.165) is 13.2 Å². The van der Waals surface area contributed by atoms with E-state index in [-0.39, 0.29) is 11.3 Å². The van der Waals surface area contributed by atoms with Crippen LogP contribution in [0.5, 0.6) is 0 Å². The molecule has 24 heavy (non-hydrogen) atoms. The smallest absolute Gasteiger partial charge is 0.408 e. The molecule has 0 saturated carbocycles. The Balaban J connectivity index is 3.03. The van der Waals surface area contributed by atoms with E-state index < -0.39 is 34.7 Å². The largest absolute Gasteiger partial charge is 0.467 e. The van der Waals surface area contributed by atoms with Crippen molar-refractivity contribution in [3.63, 3.8) is 0 Å². The number of rotatable bonds is 5. The summed E-state index contributed by atoms with van der Waals surface area (Å²) in [7, 11) is 1.09. The Hall–Kier alpha value is -2.68. The molecule has 1 rings (SSSR count). The van der Waals surface area contributed by atoms with Gasteiger partial charge in [0, 0.05) is 12.1 Å². The molecule has 0 heterocycles. The number of carbonyl (C=O) groups excluding carboxylic acids is 2. The van der Waals surface area contributed by atoms with Crippen LogP contribution in [0.25, 0.3) is 0 Å². The quantitative estimate of drug-likeness (QED) is 0.474. The molecule has 0 radical (unpaired) electrons. The molecular weight excluding hydrogens is 320 g/mol. The Morgan fingerprint density at radius 2 is 1.96 bits per heavy atom. The molecule has 0 fully saturated rings. The Morgan fingerprint density at radius 3 is 2.46 bits per heavy atom. The zero-order valence-electron chi connectivity index (χ0n) is 13.8. The minimum atomic E-state index is -1.55. The summed E-state index contributed by atoms with van der Waals surface area (Å²) in [4.78, 5) is 33.9. The van der Waals surface area contributed by atoms with E-state index in [2.05, 4.69) is 10.1 Å². The van der Waals surface area contributed by atoms with Crippen molar-refractivity contribution in [1.29, 1.82) is 0 Å². The summed E-state index contributed by atoms with van der Waals surface area (Å²) < 4.78 is 9.59. The third kappa shape index (κ3) is 5.51. The monoisotopic (exact) mass is 340 g/mol. The van der Waals surface area contributed by atoms with Crippen LogP contribution >= 0.6 is 0 Å². The molecule has 0 spiro atoms. The lowest BCUT2D eigenvalue weighted by Gasteiger charge is -2.25. The number of benzene rings is 1. The summed E-state index contributed by atoms with van der Waals surface area (Å²) in [6, 6.07) is 3.62. The van der Waals surface area contributed by atoms with E-state index in [1.165, 1.54) is 18.2 Å². The van der Waals surface area contributed by atoms with Crippen LogP contribution < -0.4 is 5.32 Å². The molecule has 0 aliphatic carbocycles. The Morgan fingerprint density at radius 1 is 1.33 bits per heavy atom. The van der Waals surface area contributed by atoms with Crippen LogP contribution in [0.1, 0.15) is 32.4 Å². The number of esters is 1. The van der Waals surface area contributed by atoms with Crippen LogP contribution in [0.2, 0.25) is 0 Å². The molecule has 1 amide bonds. The first kappa shape index (κ1) is 19.4. The molecule has 1 aromatic rings. The topological polar surface area (TPSA) is 128 Å². The van der Waals surface area contributed by atoms with Gasteiger partial charge >= 0.3 is 12.1 Å². The highest BCUT2D eigenvalue weighted by atomic mass is 16.6. The molecular formula is C15H20N2O7. The van der Waals surface area contributed by atoms with Crippen molar-refractivity contribution in [3.8, 4) is 0 Å². The van der Waals surface area contributed by atoms with Crippen LogP contribution in [0.15, 0.2) is 24.3 Å². The summed E-state index contributed by atoms with van der Waals surface area (Å²) >= 11 is 0. The van der Waals surface area contributed by atoms with E-state index >= 15 is 0 Å². The molecule has 0 aliphatic rings. The van der Waals surface area contributed by atoms with Gasteiger partial charge in [0.1, 0.15) is 11.7 Å². The number of non-ortho nitro benzene ring substituents is 1. The van der Waals surface area contributed by atoms with E-state index in [9.17, 15) is 24.8 Å². The average Bonchev–Trinajstić information content (AvgIpc) is 2.49. The zero-order valence-corrected chi connectivity index (χ0v) is 13.8. The van der Waals surface area contributed by atoms with Crippen molar-refractivity contribution in [2.45, 2.75) is 38.5 Å². The number of nitrogens with zero attached hydrogens (tertiary/aromatic N) is 1. The number of hydrogen-bond acceptors (Lipinski definition) is 7. The molecule has 0 unspecified atom stereocenters. The van der Waals surface area contributed by atoms with Gasteiger partial charge in [0.25, 0.3) is 5.69 Å². The van der Waals surface area contributed by atoms with Crippen LogP contribution in [-0.4, -0.2) is 40.8 Å². The van der Waals surface area contributed by atoms with Crippen LogP contribution in [-0.2, 0) is 14.3 Å². The van der Waals surface area contributed by atoms with Gasteiger partial charge in [0.15, 0.2) is 6.04 Å². The first-order valence-electron chi connectivity index (χ1n) is 7.05. The molecule has 9 nitrogen and oxygen atoms in total. The van der Waals surface area contributed by atoms with E-state index in [0.29, 0.717) is 0 Å². The number of hydrogen-bond donors (Lipinski definition) is 2. The van der Waals surface area contributed by atoms with Gasteiger partial charge < -0.3 is 19.9 Å². The van der Waals surface area contributed by atoms with E-state index in [1.54, 1.807) is 20.8 Å². The number of ether oxygens (including phenoxy) is 2. The first-order chi connectivity index (χ1) is 11.0. The van der Waals surface area contributed by atoms with Gasteiger partial charge in [-0.3, -0.25) is 10.1 Å². The van der Waals surface area contributed by atoms with Crippen molar-refractivity contribution >= 4 is 17.7 Å². The van der Waals surface area contributed by atoms with Crippen molar-refractivity contribution in [3.05, 3.63) is 39.9 Å². The lowest BCUT2D eigenvalue weighted by Crippen LogP contribution is -2.47. The first-order valence-corrected chi connectivity index (χ1v) is 7.05. The van der Waals surface area contributed by atoms with Crippen molar-refractivity contribution in [2.24, 2.45) is 0 Å². The molecule has 9 heteroatoms. The fourth-order valence-corrected chi connectivity index (χ4v) is 1.84. The third-order valence-corrected chi connectivity index (χ3v) is 2.87. The Labute approximate surface area is 138 Å². The maximum atomic E-state index is 11.9. The second-order valence-corrected chi connectivity index (χ2v) is 5.94. The molecule has 0 saturated heterocycles. The average molecular weight is 340 g/mol. The summed E-state index contributed by atoms with van der Waals surface area (Å²) in [6.07, 6.45) is -2.48.